The molecule has 1 heterocycles. The fourth-order valence-electron chi connectivity index (χ4n) is 5.27. The molecule has 5 heteroatoms. The Labute approximate surface area is 218 Å². The van der Waals surface area contributed by atoms with Gasteiger partial charge in [-0.15, -0.1) is 0 Å². The summed E-state index contributed by atoms with van der Waals surface area (Å²) in [5, 5.41) is 21.4. The highest BCUT2D eigenvalue weighted by Gasteiger charge is 2.43. The molecular formula is C30H61NO4. The Morgan fingerprint density at radius 1 is 0.629 bits per heavy atom. The molecule has 0 aromatic heterocycles. The van der Waals surface area contributed by atoms with E-state index >= 15 is 0 Å². The number of hydrogen-bond acceptors (Lipinski definition) is 5. The molecule has 0 unspecified atom stereocenters. The molecule has 1 saturated heterocycles. The largest absolute Gasteiger partial charge is 0.395 e. The van der Waals surface area contributed by atoms with Crippen LogP contribution in [0, 0.1) is 0 Å². The van der Waals surface area contributed by atoms with Crippen molar-refractivity contribution in [3.8, 4) is 0 Å². The number of unbranched alkanes of at least 4 members (excludes halogenated alkanes) is 15. The minimum Gasteiger partial charge on any atom is -0.395 e. The zero-order valence-electron chi connectivity index (χ0n) is 23.7. The lowest BCUT2D eigenvalue weighted by Gasteiger charge is -2.46. The number of likely N-dealkylation sites (tertiary alicyclic amines) is 1. The molecule has 5 nitrogen and oxygen atoms in total. The highest BCUT2D eigenvalue weighted by Crippen LogP contribution is 2.25. The number of aliphatic hydroxyl groups is 2. The molecule has 0 saturated carbocycles. The topological polar surface area (TPSA) is 62.2 Å². The van der Waals surface area contributed by atoms with Gasteiger partial charge in [0.1, 0.15) is 12.2 Å². The fourth-order valence-corrected chi connectivity index (χ4v) is 5.27. The maximum atomic E-state index is 11.2. The number of hydrogen-bond donors (Lipinski definition) is 2. The quantitative estimate of drug-likeness (QED) is 0.142. The summed E-state index contributed by atoms with van der Waals surface area (Å²) in [4.78, 5) is 2.34. The van der Waals surface area contributed by atoms with Crippen molar-refractivity contribution in [2.24, 2.45) is 0 Å². The molecule has 4 atom stereocenters. The molecule has 0 aliphatic carbocycles. The predicted octanol–water partition coefficient (Wildman–Crippen LogP) is 6.88. The van der Waals surface area contributed by atoms with E-state index in [2.05, 4.69) is 25.7 Å². The molecular weight excluding hydrogens is 438 g/mol. The second kappa shape index (κ2) is 23.0. The Hall–Kier alpha value is -0.200. The molecule has 1 aliphatic rings. The molecule has 0 aromatic rings. The molecule has 0 aromatic carbocycles. The standard InChI is InChI=1S/C30H61NO4/c1-4-7-10-13-16-19-22-31-25-28(34-23-20-17-14-11-8-5-2)29(33)30(27(31)26-32)35-24-21-18-15-12-9-6-3/h27-30,32-33H,4-26H2,1-3H3/t27-,28+,29-,30-/m1/s1. The first-order valence-electron chi connectivity index (χ1n) is 15.5. The highest BCUT2D eigenvalue weighted by molar-refractivity contribution is 4.96. The van der Waals surface area contributed by atoms with Crippen LogP contribution in [-0.4, -0.2) is 72.4 Å². The van der Waals surface area contributed by atoms with Gasteiger partial charge in [0.2, 0.25) is 0 Å². The maximum Gasteiger partial charge on any atom is 0.109 e. The first-order chi connectivity index (χ1) is 17.2. The second-order valence-corrected chi connectivity index (χ2v) is 10.8. The molecule has 1 aliphatic heterocycles. The van der Waals surface area contributed by atoms with Crippen LogP contribution in [0.3, 0.4) is 0 Å². The van der Waals surface area contributed by atoms with Gasteiger partial charge in [-0.3, -0.25) is 4.90 Å². The van der Waals surface area contributed by atoms with Crippen molar-refractivity contribution in [2.45, 2.75) is 161 Å². The first kappa shape index (κ1) is 32.8. The van der Waals surface area contributed by atoms with Gasteiger partial charge < -0.3 is 19.7 Å². The summed E-state index contributed by atoms with van der Waals surface area (Å²) < 4.78 is 12.5. The summed E-state index contributed by atoms with van der Waals surface area (Å²) in [6, 6.07) is -0.144. The van der Waals surface area contributed by atoms with Crippen molar-refractivity contribution >= 4 is 0 Å². The summed E-state index contributed by atoms with van der Waals surface area (Å²) >= 11 is 0. The van der Waals surface area contributed by atoms with Crippen LogP contribution in [0.1, 0.15) is 136 Å². The molecule has 0 spiro atoms. The van der Waals surface area contributed by atoms with Crippen molar-refractivity contribution in [3.05, 3.63) is 0 Å². The lowest BCUT2D eigenvalue weighted by atomic mass is 9.93. The number of piperidine rings is 1. The van der Waals surface area contributed by atoms with Gasteiger partial charge in [0.15, 0.2) is 0 Å². The monoisotopic (exact) mass is 499 g/mol. The Balaban J connectivity index is 2.57. The Kier molecular flexibility index (Phi) is 21.5. The summed E-state index contributed by atoms with van der Waals surface area (Å²) in [6.45, 7) is 9.75. The fraction of sp³-hybridized carbons (Fsp3) is 1.00. The van der Waals surface area contributed by atoms with Gasteiger partial charge >= 0.3 is 0 Å². The van der Waals surface area contributed by atoms with Crippen LogP contribution in [0.5, 0.6) is 0 Å². The van der Waals surface area contributed by atoms with E-state index in [1.54, 1.807) is 0 Å². The van der Waals surface area contributed by atoms with Crippen LogP contribution in [0.15, 0.2) is 0 Å². The van der Waals surface area contributed by atoms with E-state index in [9.17, 15) is 10.2 Å². The van der Waals surface area contributed by atoms with E-state index in [4.69, 9.17) is 9.47 Å². The molecule has 210 valence electrons. The van der Waals surface area contributed by atoms with Gasteiger partial charge in [0.05, 0.1) is 18.8 Å². The lowest BCUT2D eigenvalue weighted by Crippen LogP contribution is -2.64. The highest BCUT2D eigenvalue weighted by atomic mass is 16.5. The van der Waals surface area contributed by atoms with Gasteiger partial charge in [-0.25, -0.2) is 0 Å². The zero-order valence-corrected chi connectivity index (χ0v) is 23.7. The van der Waals surface area contributed by atoms with Crippen LogP contribution in [0.25, 0.3) is 0 Å². The number of aliphatic hydroxyl groups excluding tert-OH is 2. The van der Waals surface area contributed by atoms with Gasteiger partial charge in [-0.2, -0.15) is 0 Å². The summed E-state index contributed by atoms with van der Waals surface area (Å²) in [5.41, 5.74) is 0. The number of nitrogens with zero attached hydrogens (tertiary/aromatic N) is 1. The van der Waals surface area contributed by atoms with Crippen molar-refractivity contribution in [1.29, 1.82) is 0 Å². The molecule has 0 radical (unpaired) electrons. The minimum absolute atomic E-state index is 0.0260. The van der Waals surface area contributed by atoms with Crippen LogP contribution in [0.4, 0.5) is 0 Å². The molecule has 0 bridgehead atoms. The van der Waals surface area contributed by atoms with E-state index in [0.717, 1.165) is 25.8 Å². The van der Waals surface area contributed by atoms with Crippen molar-refractivity contribution in [1.82, 2.24) is 4.90 Å². The Morgan fingerprint density at radius 3 is 1.60 bits per heavy atom. The average molecular weight is 500 g/mol. The molecule has 1 fully saturated rings. The third-order valence-electron chi connectivity index (χ3n) is 7.60. The van der Waals surface area contributed by atoms with Crippen molar-refractivity contribution in [3.63, 3.8) is 0 Å². The van der Waals surface area contributed by atoms with E-state index < -0.39 is 6.10 Å². The summed E-state index contributed by atoms with van der Waals surface area (Å²) in [7, 11) is 0. The van der Waals surface area contributed by atoms with Crippen LogP contribution in [0.2, 0.25) is 0 Å². The Bertz CT molecular complexity index is 450. The SMILES string of the molecule is CCCCCCCCO[C@H]1[C@H](O)[C@@H](OCCCCCCCC)CN(CCCCCCCC)[C@@H]1CO. The third kappa shape index (κ3) is 15.0. The zero-order chi connectivity index (χ0) is 25.6. The van der Waals surface area contributed by atoms with E-state index in [-0.39, 0.29) is 24.9 Å². The van der Waals surface area contributed by atoms with Gasteiger partial charge in [0, 0.05) is 19.8 Å². The number of rotatable bonds is 24. The van der Waals surface area contributed by atoms with Crippen LogP contribution >= 0.6 is 0 Å². The number of ether oxygens (including phenoxy) is 2. The average Bonchev–Trinajstić information content (AvgIpc) is 2.86. The summed E-state index contributed by atoms with van der Waals surface area (Å²) in [5.74, 6) is 0. The Morgan fingerprint density at radius 2 is 1.09 bits per heavy atom. The summed E-state index contributed by atoms with van der Waals surface area (Å²) in [6.07, 6.45) is 21.0. The molecule has 0 amide bonds. The smallest absolute Gasteiger partial charge is 0.109 e. The second-order valence-electron chi connectivity index (χ2n) is 10.8. The lowest BCUT2D eigenvalue weighted by molar-refractivity contribution is -0.181. The minimum atomic E-state index is -0.673. The van der Waals surface area contributed by atoms with Crippen molar-refractivity contribution < 1.29 is 19.7 Å². The van der Waals surface area contributed by atoms with E-state index in [1.165, 1.54) is 96.3 Å². The molecule has 2 N–H and O–H groups in total. The van der Waals surface area contributed by atoms with Crippen molar-refractivity contribution in [2.75, 3.05) is 32.9 Å². The molecule has 35 heavy (non-hydrogen) atoms. The third-order valence-corrected chi connectivity index (χ3v) is 7.60. The molecule has 1 rings (SSSR count). The van der Waals surface area contributed by atoms with Gasteiger partial charge in [-0.05, 0) is 25.8 Å². The van der Waals surface area contributed by atoms with E-state index in [0.29, 0.717) is 19.8 Å². The van der Waals surface area contributed by atoms with Crippen LogP contribution < -0.4 is 0 Å². The maximum absolute atomic E-state index is 11.2. The van der Waals surface area contributed by atoms with Crippen LogP contribution in [-0.2, 0) is 9.47 Å². The predicted molar refractivity (Wildman–Crippen MR) is 148 cm³/mol. The normalized spacial score (nSPS) is 23.2. The van der Waals surface area contributed by atoms with Gasteiger partial charge in [0.25, 0.3) is 0 Å². The van der Waals surface area contributed by atoms with E-state index in [1.807, 2.05) is 0 Å². The first-order valence-corrected chi connectivity index (χ1v) is 15.5. The van der Waals surface area contributed by atoms with Gasteiger partial charge in [-0.1, -0.05) is 117 Å².